The van der Waals surface area contributed by atoms with E-state index >= 15 is 0 Å². The highest BCUT2D eigenvalue weighted by Crippen LogP contribution is 2.33. The van der Waals surface area contributed by atoms with Crippen LogP contribution in [0.4, 0.5) is 0 Å². The van der Waals surface area contributed by atoms with Crippen LogP contribution in [0.25, 0.3) is 0 Å². The first kappa shape index (κ1) is 19.7. The monoisotopic (exact) mass is 383 g/mol. The van der Waals surface area contributed by atoms with Gasteiger partial charge in [-0.1, -0.05) is 43.3 Å². The van der Waals surface area contributed by atoms with E-state index in [1.54, 1.807) is 25.1 Å². The van der Waals surface area contributed by atoms with E-state index in [1.165, 1.54) is 5.56 Å². The van der Waals surface area contributed by atoms with Gasteiger partial charge in [-0.2, -0.15) is 0 Å². The number of carbonyl (C=O) groups excluding carboxylic acids is 2. The van der Waals surface area contributed by atoms with Crippen LogP contribution in [0.5, 0.6) is 11.5 Å². The van der Waals surface area contributed by atoms with E-state index in [-0.39, 0.29) is 18.6 Å². The third-order valence-electron chi connectivity index (χ3n) is 4.69. The summed E-state index contributed by atoms with van der Waals surface area (Å²) < 4.78 is 16.5. The number of carbonyl (C=O) groups is 2. The number of hydrogen-bond acceptors (Lipinski definition) is 5. The lowest BCUT2D eigenvalue weighted by Gasteiger charge is -2.30. The van der Waals surface area contributed by atoms with E-state index in [1.807, 2.05) is 37.3 Å². The van der Waals surface area contributed by atoms with Crippen LogP contribution < -0.4 is 14.8 Å². The summed E-state index contributed by atoms with van der Waals surface area (Å²) in [6.45, 7) is 5.33. The number of aryl methyl sites for hydroxylation is 1. The summed E-state index contributed by atoms with van der Waals surface area (Å²) in [7, 11) is 0. The highest BCUT2D eigenvalue weighted by Gasteiger charge is 2.35. The van der Waals surface area contributed by atoms with Gasteiger partial charge in [0.25, 0.3) is 5.91 Å². The largest absolute Gasteiger partial charge is 0.482 e. The van der Waals surface area contributed by atoms with Gasteiger partial charge in [-0.3, -0.25) is 4.79 Å². The molecule has 0 fully saturated rings. The van der Waals surface area contributed by atoms with E-state index in [4.69, 9.17) is 14.2 Å². The van der Waals surface area contributed by atoms with Crippen molar-refractivity contribution in [1.82, 2.24) is 5.32 Å². The molecule has 0 radical (unpaired) electrons. The zero-order chi connectivity index (χ0) is 20.1. The summed E-state index contributed by atoms with van der Waals surface area (Å²) in [6.07, 6.45) is -0.463. The van der Waals surface area contributed by atoms with Gasteiger partial charge in [-0.15, -0.1) is 0 Å². The van der Waals surface area contributed by atoms with Crippen LogP contribution in [0.1, 0.15) is 37.9 Å². The van der Waals surface area contributed by atoms with Crippen molar-refractivity contribution in [3.05, 3.63) is 59.7 Å². The fraction of sp³-hybridized carbons (Fsp3) is 0.364. The zero-order valence-electron chi connectivity index (χ0n) is 16.3. The molecule has 6 nitrogen and oxygen atoms in total. The molecule has 1 amide bonds. The zero-order valence-corrected chi connectivity index (χ0v) is 16.3. The van der Waals surface area contributed by atoms with Gasteiger partial charge in [-0.05, 0) is 43.5 Å². The van der Waals surface area contributed by atoms with Crippen molar-refractivity contribution < 1.29 is 23.8 Å². The molecule has 0 saturated carbocycles. The lowest BCUT2D eigenvalue weighted by atomic mass is 10.1. The van der Waals surface area contributed by atoms with Gasteiger partial charge in [0, 0.05) is 0 Å². The Balaban J connectivity index is 1.50. The molecule has 0 bridgehead atoms. The summed E-state index contributed by atoms with van der Waals surface area (Å²) in [6, 6.07) is 15.0. The van der Waals surface area contributed by atoms with Crippen LogP contribution in [-0.2, 0) is 20.7 Å². The second-order valence-electron chi connectivity index (χ2n) is 6.80. The Bertz CT molecular complexity index is 833. The molecule has 2 aromatic rings. The van der Waals surface area contributed by atoms with E-state index in [9.17, 15) is 9.59 Å². The van der Waals surface area contributed by atoms with Crippen molar-refractivity contribution in [3.8, 4) is 11.5 Å². The molecule has 1 aliphatic heterocycles. The minimum absolute atomic E-state index is 0.183. The number of fused-ring (bicyclic) bond motifs is 1. The molecule has 3 rings (SSSR count). The van der Waals surface area contributed by atoms with E-state index in [0.29, 0.717) is 11.5 Å². The highest BCUT2D eigenvalue weighted by molar-refractivity contribution is 5.83. The van der Waals surface area contributed by atoms with E-state index in [2.05, 4.69) is 12.2 Å². The van der Waals surface area contributed by atoms with Gasteiger partial charge in [0.15, 0.2) is 18.1 Å². The topological polar surface area (TPSA) is 73.9 Å². The number of benzene rings is 2. The van der Waals surface area contributed by atoms with Crippen molar-refractivity contribution in [2.45, 2.75) is 45.4 Å². The molecular formula is C22H25NO5. The number of ether oxygens (including phenoxy) is 3. The van der Waals surface area contributed by atoms with Crippen molar-refractivity contribution in [2.75, 3.05) is 6.61 Å². The molecule has 0 spiro atoms. The molecule has 0 aromatic heterocycles. The minimum Gasteiger partial charge on any atom is -0.482 e. The quantitative estimate of drug-likeness (QED) is 0.776. The van der Waals surface area contributed by atoms with E-state index < -0.39 is 18.2 Å². The first-order chi connectivity index (χ1) is 13.5. The Morgan fingerprint density at radius 2 is 1.71 bits per heavy atom. The Labute approximate surface area is 164 Å². The normalized spacial score (nSPS) is 18.8. The summed E-state index contributed by atoms with van der Waals surface area (Å²) in [5.74, 6) is 0.0677. The maximum atomic E-state index is 12.3. The second kappa shape index (κ2) is 8.78. The molecule has 3 unspecified atom stereocenters. The smallest absolute Gasteiger partial charge is 0.351 e. The fourth-order valence-corrected chi connectivity index (χ4v) is 3.01. The van der Waals surface area contributed by atoms with Crippen molar-refractivity contribution in [2.24, 2.45) is 0 Å². The van der Waals surface area contributed by atoms with E-state index in [0.717, 1.165) is 12.0 Å². The molecule has 0 saturated heterocycles. The maximum Gasteiger partial charge on any atom is 0.351 e. The average molecular weight is 383 g/mol. The Morgan fingerprint density at radius 1 is 1.07 bits per heavy atom. The van der Waals surface area contributed by atoms with Crippen LogP contribution in [0.15, 0.2) is 48.5 Å². The molecule has 1 aliphatic rings. The van der Waals surface area contributed by atoms with Gasteiger partial charge in [0.2, 0.25) is 6.10 Å². The van der Waals surface area contributed by atoms with Crippen LogP contribution in [-0.4, -0.2) is 30.7 Å². The third kappa shape index (κ3) is 4.63. The number of nitrogens with one attached hydrogen (secondary N) is 1. The van der Waals surface area contributed by atoms with Gasteiger partial charge < -0.3 is 19.5 Å². The summed E-state index contributed by atoms with van der Waals surface area (Å²) in [5.41, 5.74) is 2.23. The van der Waals surface area contributed by atoms with Crippen molar-refractivity contribution >= 4 is 11.9 Å². The number of para-hydroxylation sites is 2. The van der Waals surface area contributed by atoms with Crippen LogP contribution in [0.3, 0.4) is 0 Å². The molecule has 2 aromatic carbocycles. The Hall–Kier alpha value is -3.02. The average Bonchev–Trinajstić information content (AvgIpc) is 2.71. The fourth-order valence-electron chi connectivity index (χ4n) is 3.01. The SMILES string of the molecule is CCc1ccc(C(C)NC(=O)COC(=O)C2Oc3ccccc3OC2C)cc1. The number of esters is 1. The van der Waals surface area contributed by atoms with Gasteiger partial charge in [0.1, 0.15) is 6.10 Å². The molecule has 6 heteroatoms. The lowest BCUT2D eigenvalue weighted by Crippen LogP contribution is -2.45. The molecular weight excluding hydrogens is 358 g/mol. The second-order valence-corrected chi connectivity index (χ2v) is 6.80. The van der Waals surface area contributed by atoms with Gasteiger partial charge in [-0.25, -0.2) is 4.79 Å². The summed E-state index contributed by atoms with van der Waals surface area (Å²) in [5, 5.41) is 2.83. The predicted molar refractivity (Wildman–Crippen MR) is 104 cm³/mol. The first-order valence-electron chi connectivity index (χ1n) is 9.45. The molecule has 0 aliphatic carbocycles. The number of hydrogen-bond donors (Lipinski definition) is 1. The number of amides is 1. The highest BCUT2D eigenvalue weighted by atomic mass is 16.6. The Kier molecular flexibility index (Phi) is 6.19. The summed E-state index contributed by atoms with van der Waals surface area (Å²) in [4.78, 5) is 24.5. The third-order valence-corrected chi connectivity index (χ3v) is 4.69. The molecule has 1 heterocycles. The van der Waals surface area contributed by atoms with Gasteiger partial charge in [0.05, 0.1) is 6.04 Å². The van der Waals surface area contributed by atoms with Crippen LogP contribution in [0, 0.1) is 0 Å². The maximum absolute atomic E-state index is 12.3. The first-order valence-corrected chi connectivity index (χ1v) is 9.45. The lowest BCUT2D eigenvalue weighted by molar-refractivity contribution is -0.160. The van der Waals surface area contributed by atoms with Crippen LogP contribution >= 0.6 is 0 Å². The van der Waals surface area contributed by atoms with Crippen LogP contribution in [0.2, 0.25) is 0 Å². The molecule has 3 atom stereocenters. The number of rotatable bonds is 6. The molecule has 1 N–H and O–H groups in total. The molecule has 28 heavy (non-hydrogen) atoms. The Morgan fingerprint density at radius 3 is 2.36 bits per heavy atom. The van der Waals surface area contributed by atoms with Crippen molar-refractivity contribution in [1.29, 1.82) is 0 Å². The van der Waals surface area contributed by atoms with Gasteiger partial charge >= 0.3 is 5.97 Å². The standard InChI is InChI=1S/C22H25NO5/c1-4-16-9-11-17(12-10-16)14(2)23-20(24)13-26-22(25)21-15(3)27-18-7-5-6-8-19(18)28-21/h5-12,14-15,21H,4,13H2,1-3H3,(H,23,24). The summed E-state index contributed by atoms with van der Waals surface area (Å²) >= 11 is 0. The minimum atomic E-state index is -0.915. The van der Waals surface area contributed by atoms with Crippen molar-refractivity contribution in [3.63, 3.8) is 0 Å². The predicted octanol–water partition coefficient (Wildman–Crippen LogP) is 3.20. The molecule has 148 valence electrons.